The first kappa shape index (κ1) is 20.2. The molecule has 3 aromatic rings. The molecule has 0 saturated heterocycles. The van der Waals surface area contributed by atoms with Crippen molar-refractivity contribution in [3.63, 3.8) is 0 Å². The van der Waals surface area contributed by atoms with Gasteiger partial charge in [0, 0.05) is 11.1 Å². The maximum atomic E-state index is 12.3. The first-order valence-electron chi connectivity index (χ1n) is 8.54. The minimum Gasteiger partial charge on any atom is -0.497 e. The van der Waals surface area contributed by atoms with Crippen LogP contribution in [0.2, 0.25) is 0 Å². The van der Waals surface area contributed by atoms with Crippen LogP contribution < -0.4 is 21.3 Å². The van der Waals surface area contributed by atoms with Crippen LogP contribution in [0.4, 0.5) is 11.5 Å². The molecule has 2 aromatic carbocycles. The number of methoxy groups -OCH3 is 1. The van der Waals surface area contributed by atoms with Gasteiger partial charge >= 0.3 is 0 Å². The number of amides is 1. The Morgan fingerprint density at radius 3 is 2.41 bits per heavy atom. The van der Waals surface area contributed by atoms with Crippen LogP contribution in [0.1, 0.15) is 20.7 Å². The number of aromatic nitrogens is 2. The van der Waals surface area contributed by atoms with E-state index in [1.165, 1.54) is 0 Å². The number of nitrogens with one attached hydrogen (secondary N) is 2. The molecule has 0 unspecified atom stereocenters. The number of Topliss-reactive ketones (excluding diaryl/α,β-unsaturated/α-hetero) is 1. The molecular weight excluding hydrogens is 392 g/mol. The zero-order chi connectivity index (χ0) is 20.8. The van der Waals surface area contributed by atoms with Crippen molar-refractivity contribution < 1.29 is 14.3 Å². The number of anilines is 2. The summed E-state index contributed by atoms with van der Waals surface area (Å²) in [5, 5.41) is 2.65. The van der Waals surface area contributed by atoms with Crippen LogP contribution in [0.25, 0.3) is 0 Å². The van der Waals surface area contributed by atoms with Crippen molar-refractivity contribution >= 4 is 35.0 Å². The second-order valence-corrected chi connectivity index (χ2v) is 6.86. The smallest absolute Gasteiger partial charge is 0.277 e. The summed E-state index contributed by atoms with van der Waals surface area (Å²) >= 11 is 1.05. The fourth-order valence-electron chi connectivity index (χ4n) is 2.43. The number of aromatic amines is 1. The zero-order valence-corrected chi connectivity index (χ0v) is 16.3. The predicted octanol–water partition coefficient (Wildman–Crippen LogP) is 2.59. The summed E-state index contributed by atoms with van der Waals surface area (Å²) in [5.74, 6) is -0.0247. The highest BCUT2D eigenvalue weighted by atomic mass is 32.2. The maximum Gasteiger partial charge on any atom is 0.277 e. The Morgan fingerprint density at radius 1 is 1.10 bits per heavy atom. The number of benzene rings is 2. The standard InChI is InChI=1S/C20H18N4O4S/c1-28-14-9-7-12(8-10-14)15(25)11-29-20-23-17(21)16(19(27)24-20)22-18(26)13-5-3-2-4-6-13/h2-10H,11H2,1H3,(H,22,26)(H3,21,23,24,27). The van der Waals surface area contributed by atoms with Crippen molar-refractivity contribution in [1.29, 1.82) is 0 Å². The monoisotopic (exact) mass is 410 g/mol. The number of thioether (sulfide) groups is 1. The SMILES string of the molecule is COc1ccc(C(=O)CSc2nc(N)c(NC(=O)c3ccccc3)c(=O)[nH]2)cc1. The Kier molecular flexibility index (Phi) is 6.30. The Labute approximate surface area is 170 Å². The molecule has 3 rings (SSSR count). The number of ketones is 1. The zero-order valence-electron chi connectivity index (χ0n) is 15.5. The molecule has 0 aliphatic heterocycles. The van der Waals surface area contributed by atoms with Gasteiger partial charge in [0.1, 0.15) is 11.4 Å². The maximum absolute atomic E-state index is 12.3. The second-order valence-electron chi connectivity index (χ2n) is 5.89. The van der Waals surface area contributed by atoms with Crippen molar-refractivity contribution in [2.24, 2.45) is 0 Å². The van der Waals surface area contributed by atoms with Crippen LogP contribution in [-0.2, 0) is 0 Å². The van der Waals surface area contributed by atoms with E-state index in [2.05, 4.69) is 15.3 Å². The van der Waals surface area contributed by atoms with Crippen LogP contribution in [0.5, 0.6) is 5.75 Å². The third-order valence-corrected chi connectivity index (χ3v) is 4.83. The van der Waals surface area contributed by atoms with Gasteiger partial charge in [-0.05, 0) is 36.4 Å². The van der Waals surface area contributed by atoms with Gasteiger partial charge in [-0.3, -0.25) is 19.4 Å². The van der Waals surface area contributed by atoms with Crippen molar-refractivity contribution in [3.05, 3.63) is 76.1 Å². The van der Waals surface area contributed by atoms with Crippen molar-refractivity contribution in [2.45, 2.75) is 5.16 Å². The molecule has 0 fully saturated rings. The topological polar surface area (TPSA) is 127 Å². The molecule has 148 valence electrons. The average molecular weight is 410 g/mol. The number of rotatable bonds is 7. The van der Waals surface area contributed by atoms with Gasteiger partial charge in [-0.2, -0.15) is 0 Å². The average Bonchev–Trinajstić information content (AvgIpc) is 2.75. The van der Waals surface area contributed by atoms with Crippen molar-refractivity contribution in [1.82, 2.24) is 9.97 Å². The lowest BCUT2D eigenvalue weighted by Crippen LogP contribution is -2.23. The summed E-state index contributed by atoms with van der Waals surface area (Å²) < 4.78 is 5.06. The second kappa shape index (κ2) is 9.07. The van der Waals surface area contributed by atoms with Crippen LogP contribution in [-0.4, -0.2) is 34.5 Å². The molecule has 1 aromatic heterocycles. The molecule has 0 aliphatic rings. The number of nitrogens with zero attached hydrogens (tertiary/aromatic N) is 1. The molecule has 0 radical (unpaired) electrons. The summed E-state index contributed by atoms with van der Waals surface area (Å²) in [5.41, 5.74) is 6.01. The Hall–Kier alpha value is -3.59. The summed E-state index contributed by atoms with van der Waals surface area (Å²) in [7, 11) is 1.55. The molecule has 1 heterocycles. The van der Waals surface area contributed by atoms with Crippen molar-refractivity contribution in [2.75, 3.05) is 23.9 Å². The number of hydrogen-bond donors (Lipinski definition) is 3. The molecule has 1 amide bonds. The Balaban J connectivity index is 1.68. The van der Waals surface area contributed by atoms with E-state index in [4.69, 9.17) is 10.5 Å². The minimum absolute atomic E-state index is 0.0600. The summed E-state index contributed by atoms with van der Waals surface area (Å²) in [6, 6.07) is 15.1. The highest BCUT2D eigenvalue weighted by molar-refractivity contribution is 7.99. The van der Waals surface area contributed by atoms with Gasteiger partial charge in [-0.1, -0.05) is 30.0 Å². The molecule has 29 heavy (non-hydrogen) atoms. The van der Waals surface area contributed by atoms with E-state index < -0.39 is 11.5 Å². The summed E-state index contributed by atoms with van der Waals surface area (Å²) in [6.45, 7) is 0. The number of nitrogens with two attached hydrogens (primary N) is 1. The molecule has 0 aliphatic carbocycles. The molecule has 0 atom stereocenters. The van der Waals surface area contributed by atoms with E-state index in [1.807, 2.05) is 0 Å². The van der Waals surface area contributed by atoms with Crippen molar-refractivity contribution in [3.8, 4) is 5.75 Å². The normalized spacial score (nSPS) is 10.4. The number of H-pyrrole nitrogens is 1. The Bertz CT molecular complexity index is 1080. The number of hydrogen-bond acceptors (Lipinski definition) is 7. The molecule has 0 saturated carbocycles. The molecule has 0 bridgehead atoms. The quantitative estimate of drug-likeness (QED) is 0.310. The van der Waals surface area contributed by atoms with E-state index in [0.717, 1.165) is 11.8 Å². The number of ether oxygens (including phenoxy) is 1. The van der Waals surface area contributed by atoms with Crippen LogP contribution in [0, 0.1) is 0 Å². The summed E-state index contributed by atoms with van der Waals surface area (Å²) in [4.78, 5) is 43.4. The lowest BCUT2D eigenvalue weighted by molar-refractivity contribution is 0.101. The van der Waals surface area contributed by atoms with Gasteiger partial charge < -0.3 is 15.8 Å². The van der Waals surface area contributed by atoms with Gasteiger partial charge in [0.05, 0.1) is 12.9 Å². The van der Waals surface area contributed by atoms with Gasteiger partial charge in [-0.15, -0.1) is 0 Å². The minimum atomic E-state index is -0.596. The van der Waals surface area contributed by atoms with Gasteiger partial charge in [0.15, 0.2) is 16.8 Å². The third-order valence-electron chi connectivity index (χ3n) is 3.95. The lowest BCUT2D eigenvalue weighted by Gasteiger charge is -2.08. The van der Waals surface area contributed by atoms with Crippen LogP contribution in [0.3, 0.4) is 0 Å². The number of carbonyl (C=O) groups is 2. The molecule has 0 spiro atoms. The van der Waals surface area contributed by atoms with E-state index >= 15 is 0 Å². The molecular formula is C20H18N4O4S. The Morgan fingerprint density at radius 2 is 1.79 bits per heavy atom. The molecule has 8 nitrogen and oxygen atoms in total. The summed E-state index contributed by atoms with van der Waals surface area (Å²) in [6.07, 6.45) is 0. The van der Waals surface area contributed by atoms with Gasteiger partial charge in [0.25, 0.3) is 11.5 Å². The highest BCUT2D eigenvalue weighted by Gasteiger charge is 2.15. The van der Waals surface area contributed by atoms with E-state index in [9.17, 15) is 14.4 Å². The van der Waals surface area contributed by atoms with E-state index in [1.54, 1.807) is 61.7 Å². The fourth-order valence-corrected chi connectivity index (χ4v) is 3.19. The lowest BCUT2D eigenvalue weighted by atomic mass is 10.1. The first-order valence-corrected chi connectivity index (χ1v) is 9.52. The van der Waals surface area contributed by atoms with Crippen LogP contribution >= 0.6 is 11.8 Å². The third kappa shape index (κ3) is 5.02. The highest BCUT2D eigenvalue weighted by Crippen LogP contribution is 2.19. The fraction of sp³-hybridized carbons (Fsp3) is 0.100. The molecule has 9 heteroatoms. The largest absolute Gasteiger partial charge is 0.497 e. The van der Waals surface area contributed by atoms with Gasteiger partial charge in [0.2, 0.25) is 0 Å². The number of carbonyl (C=O) groups excluding carboxylic acids is 2. The van der Waals surface area contributed by atoms with Crippen LogP contribution in [0.15, 0.2) is 64.5 Å². The van der Waals surface area contributed by atoms with E-state index in [-0.39, 0.29) is 28.2 Å². The van der Waals surface area contributed by atoms with Gasteiger partial charge in [-0.25, -0.2) is 4.98 Å². The number of nitrogen functional groups attached to an aromatic ring is 1. The first-order chi connectivity index (χ1) is 14.0. The predicted molar refractivity (Wildman–Crippen MR) is 112 cm³/mol. The molecule has 4 N–H and O–H groups in total. The van der Waals surface area contributed by atoms with E-state index in [0.29, 0.717) is 16.9 Å².